The van der Waals surface area contributed by atoms with Crippen molar-refractivity contribution in [2.75, 3.05) is 0 Å². The summed E-state index contributed by atoms with van der Waals surface area (Å²) in [5, 5.41) is 7.28. The second-order valence-electron chi connectivity index (χ2n) is 0.434. The van der Waals surface area contributed by atoms with E-state index in [1.807, 2.05) is 0 Å². The summed E-state index contributed by atoms with van der Waals surface area (Å²) in [7, 11) is 0. The fourth-order valence-corrected chi connectivity index (χ4v) is 0. The van der Waals surface area contributed by atoms with E-state index in [2.05, 4.69) is 6.92 Å². The van der Waals surface area contributed by atoms with E-state index in [9.17, 15) is 4.39 Å². The summed E-state index contributed by atoms with van der Waals surface area (Å²) in [5.41, 5.74) is 0. The second kappa shape index (κ2) is 1.24. The Labute approximate surface area is 24.1 Å². The third-order valence-electron chi connectivity index (χ3n) is 0. The van der Waals surface area contributed by atoms with Crippen molar-refractivity contribution in [3.8, 4) is 0 Å². The summed E-state index contributed by atoms with van der Waals surface area (Å²) < 4.78 is 10.4. The third kappa shape index (κ3) is 124. The van der Waals surface area contributed by atoms with E-state index < -0.39 is 6.36 Å². The van der Waals surface area contributed by atoms with Crippen molar-refractivity contribution in [2.24, 2.45) is 0 Å². The van der Waals surface area contributed by atoms with Crippen LogP contribution in [0.25, 0.3) is 0 Å². The highest BCUT2D eigenvalue weighted by Crippen LogP contribution is 1.70. The lowest BCUT2D eigenvalue weighted by Gasteiger charge is -1.75. The fraction of sp³-hybridized carbons (Fsp3) is 0.500. The molecule has 0 bridgehead atoms. The van der Waals surface area contributed by atoms with Gasteiger partial charge in [0.1, 0.15) is 0 Å². The first-order chi connectivity index (χ1) is 1.73. The highest BCUT2D eigenvalue weighted by molar-refractivity contribution is 4.29. The SMILES string of the molecule is [CH2]C(O)F. The summed E-state index contributed by atoms with van der Waals surface area (Å²) in [6.45, 7) is 2.53. The van der Waals surface area contributed by atoms with Gasteiger partial charge in [0.2, 0.25) is 0 Å². The molecule has 4 heavy (non-hydrogen) atoms. The monoisotopic (exact) mass is 63.0 g/mol. The Bertz CT molecular complexity index is 10.8. The predicted octanol–water partition coefficient (Wildman–Crippen LogP) is 0.108. The van der Waals surface area contributed by atoms with E-state index in [0.717, 1.165) is 0 Å². The summed E-state index contributed by atoms with van der Waals surface area (Å²) >= 11 is 0. The normalized spacial score (nSPS) is 15.8. The molecule has 0 aliphatic rings. The molecule has 0 heterocycles. The van der Waals surface area contributed by atoms with Gasteiger partial charge in [-0.1, -0.05) is 0 Å². The average molecular weight is 63.1 g/mol. The maximum Gasteiger partial charge on any atom is 0.196 e. The molecular weight excluding hydrogens is 59.0 g/mol. The van der Waals surface area contributed by atoms with Crippen LogP contribution in [-0.2, 0) is 0 Å². The van der Waals surface area contributed by atoms with Gasteiger partial charge in [0.25, 0.3) is 0 Å². The predicted molar refractivity (Wildman–Crippen MR) is 12.5 cm³/mol. The van der Waals surface area contributed by atoms with E-state index in [0.29, 0.717) is 0 Å². The number of hydrogen-bond acceptors (Lipinski definition) is 1. The molecule has 1 unspecified atom stereocenters. The third-order valence-corrected chi connectivity index (χ3v) is 0. The van der Waals surface area contributed by atoms with Gasteiger partial charge < -0.3 is 5.11 Å². The van der Waals surface area contributed by atoms with Crippen molar-refractivity contribution in [1.29, 1.82) is 0 Å². The molecule has 25 valence electrons. The molecule has 0 aromatic rings. The van der Waals surface area contributed by atoms with E-state index in [-0.39, 0.29) is 0 Å². The van der Waals surface area contributed by atoms with Crippen LogP contribution in [-0.4, -0.2) is 11.5 Å². The molecule has 0 aliphatic heterocycles. The number of aliphatic hydroxyl groups is 1. The fourth-order valence-electron chi connectivity index (χ4n) is 0. The van der Waals surface area contributed by atoms with Gasteiger partial charge >= 0.3 is 0 Å². The number of aliphatic hydroxyl groups excluding tert-OH is 1. The first kappa shape index (κ1) is 3.89. The summed E-state index contributed by atoms with van der Waals surface area (Å²) in [5.74, 6) is 0. The van der Waals surface area contributed by atoms with Gasteiger partial charge in [-0.25, -0.2) is 4.39 Å². The lowest BCUT2D eigenvalue weighted by molar-refractivity contribution is 0.0856. The van der Waals surface area contributed by atoms with Crippen molar-refractivity contribution in [1.82, 2.24) is 0 Å². The number of halogens is 1. The summed E-state index contributed by atoms with van der Waals surface area (Å²) in [6, 6.07) is 0. The topological polar surface area (TPSA) is 20.2 Å². The molecule has 0 aromatic heterocycles. The van der Waals surface area contributed by atoms with Gasteiger partial charge in [-0.2, -0.15) is 0 Å². The van der Waals surface area contributed by atoms with Crippen LogP contribution in [0.5, 0.6) is 0 Å². The molecule has 2 heteroatoms. The quantitative estimate of drug-likeness (QED) is 0.423. The minimum Gasteiger partial charge on any atom is -0.364 e. The van der Waals surface area contributed by atoms with Gasteiger partial charge in [0, 0.05) is 6.92 Å². The van der Waals surface area contributed by atoms with Crippen molar-refractivity contribution in [2.45, 2.75) is 6.36 Å². The lowest BCUT2D eigenvalue weighted by Crippen LogP contribution is -1.82. The Hall–Kier alpha value is -0.110. The molecule has 0 aromatic carbocycles. The van der Waals surface area contributed by atoms with Crippen LogP contribution in [0.2, 0.25) is 0 Å². The molecular formula is C2H4FO. The lowest BCUT2D eigenvalue weighted by atomic mass is 10.8. The minimum atomic E-state index is -1.92. The Morgan fingerprint density at radius 3 is 2.00 bits per heavy atom. The van der Waals surface area contributed by atoms with Gasteiger partial charge in [-0.3, -0.25) is 0 Å². The van der Waals surface area contributed by atoms with Crippen molar-refractivity contribution in [3.63, 3.8) is 0 Å². The Balaban J connectivity index is 2.32. The number of alkyl halides is 1. The second-order valence-corrected chi connectivity index (χ2v) is 0.434. The zero-order valence-electron chi connectivity index (χ0n) is 2.11. The average Bonchev–Trinajstić information content (AvgIpc) is 0.811. The van der Waals surface area contributed by atoms with E-state index in [1.165, 1.54) is 0 Å². The Kier molecular flexibility index (Phi) is 1.20. The van der Waals surface area contributed by atoms with Crippen LogP contribution >= 0.6 is 0 Å². The van der Waals surface area contributed by atoms with Gasteiger partial charge in [-0.05, 0) is 0 Å². The van der Waals surface area contributed by atoms with Crippen LogP contribution < -0.4 is 0 Å². The van der Waals surface area contributed by atoms with Crippen LogP contribution in [0.3, 0.4) is 0 Å². The molecule has 1 nitrogen and oxygen atoms in total. The number of hydrogen-bond donors (Lipinski definition) is 1. The molecule has 0 saturated heterocycles. The molecule has 0 amide bonds. The molecule has 0 fully saturated rings. The largest absolute Gasteiger partial charge is 0.364 e. The smallest absolute Gasteiger partial charge is 0.196 e. The van der Waals surface area contributed by atoms with Crippen LogP contribution in [0.1, 0.15) is 0 Å². The van der Waals surface area contributed by atoms with Crippen molar-refractivity contribution < 1.29 is 9.50 Å². The molecule has 0 saturated carbocycles. The Morgan fingerprint density at radius 1 is 2.00 bits per heavy atom. The molecule has 0 rings (SSSR count). The van der Waals surface area contributed by atoms with E-state index in [4.69, 9.17) is 5.11 Å². The molecule has 1 radical (unpaired) electrons. The zero-order valence-corrected chi connectivity index (χ0v) is 2.11. The van der Waals surface area contributed by atoms with Crippen LogP contribution in [0.4, 0.5) is 4.39 Å². The van der Waals surface area contributed by atoms with Crippen LogP contribution in [0.15, 0.2) is 0 Å². The van der Waals surface area contributed by atoms with Crippen LogP contribution in [0, 0.1) is 6.92 Å². The maximum absolute atomic E-state index is 10.4. The summed E-state index contributed by atoms with van der Waals surface area (Å²) in [4.78, 5) is 0. The first-order valence-electron chi connectivity index (χ1n) is 0.885. The van der Waals surface area contributed by atoms with Gasteiger partial charge in [0.15, 0.2) is 6.36 Å². The highest BCUT2D eigenvalue weighted by atomic mass is 19.1. The standard InChI is InChI=1S/C2H4FO/c1-2(3)4/h2,4H,1H2. The van der Waals surface area contributed by atoms with E-state index >= 15 is 0 Å². The molecule has 1 atom stereocenters. The molecule has 0 aliphatic carbocycles. The van der Waals surface area contributed by atoms with Crippen molar-refractivity contribution in [3.05, 3.63) is 6.92 Å². The summed E-state index contributed by atoms with van der Waals surface area (Å²) in [6.07, 6.45) is -1.92. The zero-order chi connectivity index (χ0) is 3.58. The first-order valence-corrected chi connectivity index (χ1v) is 0.885. The maximum atomic E-state index is 10.4. The minimum absolute atomic E-state index is 1.92. The highest BCUT2D eigenvalue weighted by Gasteiger charge is 1.75. The van der Waals surface area contributed by atoms with Crippen molar-refractivity contribution >= 4 is 0 Å². The van der Waals surface area contributed by atoms with E-state index in [1.54, 1.807) is 0 Å². The Morgan fingerprint density at radius 2 is 2.00 bits per heavy atom. The number of rotatable bonds is 0. The molecule has 0 spiro atoms. The van der Waals surface area contributed by atoms with Gasteiger partial charge in [-0.15, -0.1) is 0 Å². The molecule has 1 N–H and O–H groups in total. The van der Waals surface area contributed by atoms with Gasteiger partial charge in [0.05, 0.1) is 0 Å².